The van der Waals surface area contributed by atoms with E-state index >= 15 is 0 Å². The van der Waals surface area contributed by atoms with Crippen molar-refractivity contribution in [1.29, 1.82) is 0 Å². The van der Waals surface area contributed by atoms with Gasteiger partial charge in [-0.25, -0.2) is 4.98 Å². The lowest BCUT2D eigenvalue weighted by Crippen LogP contribution is -2.11. The molecular weight excluding hydrogens is 262 g/mol. The van der Waals surface area contributed by atoms with Crippen molar-refractivity contribution in [3.8, 4) is 17.6 Å². The Morgan fingerprint density at radius 3 is 2.71 bits per heavy atom. The fraction of sp³-hybridized carbons (Fsp3) is 0.353. The molecule has 0 fully saturated rings. The van der Waals surface area contributed by atoms with E-state index in [1.807, 2.05) is 36.7 Å². The number of nitrogens with zero attached hydrogens (tertiary/aromatic N) is 2. The normalized spacial score (nSPS) is 10.3. The third-order valence-corrected chi connectivity index (χ3v) is 3.05. The van der Waals surface area contributed by atoms with E-state index in [1.54, 1.807) is 0 Å². The molecule has 4 nitrogen and oxygen atoms in total. The van der Waals surface area contributed by atoms with Gasteiger partial charge in [-0.2, -0.15) is 0 Å². The Kier molecular flexibility index (Phi) is 5.42. The monoisotopic (exact) mass is 283 g/mol. The predicted molar refractivity (Wildman–Crippen MR) is 84.2 cm³/mol. The molecule has 110 valence electrons. The molecule has 0 atom stereocenters. The van der Waals surface area contributed by atoms with Crippen LogP contribution in [0.25, 0.3) is 0 Å². The van der Waals surface area contributed by atoms with E-state index in [2.05, 4.69) is 35.2 Å². The number of aromatic nitrogens is 2. The van der Waals surface area contributed by atoms with Crippen molar-refractivity contribution < 1.29 is 4.74 Å². The minimum absolute atomic E-state index is 0.376. The minimum atomic E-state index is 0.376. The van der Waals surface area contributed by atoms with Gasteiger partial charge in [0.05, 0.1) is 13.1 Å². The maximum atomic E-state index is 5.75. The van der Waals surface area contributed by atoms with Crippen molar-refractivity contribution in [1.82, 2.24) is 9.55 Å². The summed E-state index contributed by atoms with van der Waals surface area (Å²) in [5.41, 5.74) is 6.29. The smallest absolute Gasteiger partial charge is 0.119 e. The highest BCUT2D eigenvalue weighted by molar-refractivity contribution is 5.38. The van der Waals surface area contributed by atoms with Gasteiger partial charge in [0.15, 0.2) is 0 Å². The summed E-state index contributed by atoms with van der Waals surface area (Å²) in [4.78, 5) is 4.36. The summed E-state index contributed by atoms with van der Waals surface area (Å²) in [6.07, 6.45) is 3.82. The van der Waals surface area contributed by atoms with Gasteiger partial charge in [0.2, 0.25) is 0 Å². The molecular formula is C17H21N3O. The summed E-state index contributed by atoms with van der Waals surface area (Å²) < 4.78 is 7.88. The molecule has 0 bridgehead atoms. The van der Waals surface area contributed by atoms with E-state index in [0.29, 0.717) is 19.1 Å². The van der Waals surface area contributed by atoms with Crippen LogP contribution in [0.15, 0.2) is 36.7 Å². The summed E-state index contributed by atoms with van der Waals surface area (Å²) in [6, 6.07) is 7.74. The standard InChI is InChI=1S/C17H21N3O/c1-14(2)17-19-10-11-20(17)12-13-21-16-7-5-15(6-8-16)4-3-9-18/h5-8,10-11,14H,9,12-13,18H2,1-2H3. The third-order valence-electron chi connectivity index (χ3n) is 3.05. The van der Waals surface area contributed by atoms with Crippen LogP contribution < -0.4 is 10.5 Å². The first kappa shape index (κ1) is 15.1. The van der Waals surface area contributed by atoms with Crippen LogP contribution in [-0.4, -0.2) is 22.7 Å². The lowest BCUT2D eigenvalue weighted by atomic mass is 10.2. The molecule has 2 aromatic rings. The van der Waals surface area contributed by atoms with Crippen LogP contribution >= 0.6 is 0 Å². The zero-order valence-electron chi connectivity index (χ0n) is 12.5. The second kappa shape index (κ2) is 7.51. The van der Waals surface area contributed by atoms with Crippen molar-refractivity contribution in [3.05, 3.63) is 48.0 Å². The van der Waals surface area contributed by atoms with Crippen molar-refractivity contribution in [3.63, 3.8) is 0 Å². The van der Waals surface area contributed by atoms with Crippen molar-refractivity contribution in [2.24, 2.45) is 5.73 Å². The van der Waals surface area contributed by atoms with Gasteiger partial charge in [0, 0.05) is 23.9 Å². The van der Waals surface area contributed by atoms with Gasteiger partial charge in [-0.15, -0.1) is 0 Å². The molecule has 0 saturated carbocycles. The van der Waals surface area contributed by atoms with E-state index in [4.69, 9.17) is 10.5 Å². The predicted octanol–water partition coefficient (Wildman–Crippen LogP) is 2.40. The molecule has 0 aliphatic heterocycles. The lowest BCUT2D eigenvalue weighted by molar-refractivity contribution is 0.295. The Balaban J connectivity index is 1.87. The fourth-order valence-electron chi connectivity index (χ4n) is 2.06. The zero-order chi connectivity index (χ0) is 15.1. The van der Waals surface area contributed by atoms with E-state index < -0.39 is 0 Å². The molecule has 4 heteroatoms. The van der Waals surface area contributed by atoms with Crippen LogP contribution in [0, 0.1) is 11.8 Å². The Morgan fingerprint density at radius 2 is 2.05 bits per heavy atom. The van der Waals surface area contributed by atoms with E-state index in [1.165, 1.54) is 0 Å². The zero-order valence-corrected chi connectivity index (χ0v) is 12.5. The molecule has 1 aromatic carbocycles. The molecule has 2 N–H and O–H groups in total. The Bertz CT molecular complexity index is 617. The topological polar surface area (TPSA) is 53.1 Å². The summed E-state index contributed by atoms with van der Waals surface area (Å²) in [6.45, 7) is 6.06. The number of nitrogens with two attached hydrogens (primary N) is 1. The molecule has 0 radical (unpaired) electrons. The van der Waals surface area contributed by atoms with Gasteiger partial charge < -0.3 is 15.0 Å². The number of hydrogen-bond acceptors (Lipinski definition) is 3. The van der Waals surface area contributed by atoms with Crippen molar-refractivity contribution in [2.45, 2.75) is 26.3 Å². The van der Waals surface area contributed by atoms with Crippen LogP contribution in [0.2, 0.25) is 0 Å². The number of hydrogen-bond donors (Lipinski definition) is 1. The summed E-state index contributed by atoms with van der Waals surface area (Å²) in [7, 11) is 0. The SMILES string of the molecule is CC(C)c1nccn1CCOc1ccc(C#CCN)cc1. The third kappa shape index (κ3) is 4.37. The van der Waals surface area contributed by atoms with Gasteiger partial charge >= 0.3 is 0 Å². The van der Waals surface area contributed by atoms with E-state index in [-0.39, 0.29) is 0 Å². The van der Waals surface area contributed by atoms with Crippen LogP contribution in [0.1, 0.15) is 31.2 Å². The van der Waals surface area contributed by atoms with Gasteiger partial charge in [-0.3, -0.25) is 0 Å². The Morgan fingerprint density at radius 1 is 1.29 bits per heavy atom. The molecule has 2 rings (SSSR count). The number of benzene rings is 1. The molecule has 0 amide bonds. The quantitative estimate of drug-likeness (QED) is 0.857. The summed E-state index contributed by atoms with van der Waals surface area (Å²) in [5, 5.41) is 0. The highest BCUT2D eigenvalue weighted by Crippen LogP contribution is 2.13. The molecule has 0 unspecified atom stereocenters. The maximum Gasteiger partial charge on any atom is 0.119 e. The van der Waals surface area contributed by atoms with Crippen LogP contribution in [0.4, 0.5) is 0 Å². The summed E-state index contributed by atoms with van der Waals surface area (Å²) >= 11 is 0. The molecule has 21 heavy (non-hydrogen) atoms. The van der Waals surface area contributed by atoms with E-state index in [0.717, 1.165) is 23.7 Å². The second-order valence-corrected chi connectivity index (χ2v) is 5.01. The molecule has 1 aromatic heterocycles. The largest absolute Gasteiger partial charge is 0.492 e. The highest BCUT2D eigenvalue weighted by Gasteiger charge is 2.06. The van der Waals surface area contributed by atoms with Crippen LogP contribution in [0.3, 0.4) is 0 Å². The van der Waals surface area contributed by atoms with Gasteiger partial charge in [-0.05, 0) is 24.3 Å². The first-order chi connectivity index (χ1) is 10.2. The average molecular weight is 283 g/mol. The van der Waals surface area contributed by atoms with Gasteiger partial charge in [-0.1, -0.05) is 25.7 Å². The van der Waals surface area contributed by atoms with Crippen molar-refractivity contribution in [2.75, 3.05) is 13.2 Å². The fourth-order valence-corrected chi connectivity index (χ4v) is 2.06. The van der Waals surface area contributed by atoms with Gasteiger partial charge in [0.25, 0.3) is 0 Å². The highest BCUT2D eigenvalue weighted by atomic mass is 16.5. The number of rotatable bonds is 5. The first-order valence-corrected chi connectivity index (χ1v) is 7.13. The second-order valence-electron chi connectivity index (χ2n) is 5.01. The van der Waals surface area contributed by atoms with Gasteiger partial charge in [0.1, 0.15) is 18.2 Å². The lowest BCUT2D eigenvalue weighted by Gasteiger charge is -2.11. The Labute approximate surface area is 125 Å². The average Bonchev–Trinajstić information content (AvgIpc) is 2.95. The molecule has 0 aliphatic rings. The Hall–Kier alpha value is -2.25. The van der Waals surface area contributed by atoms with Crippen LogP contribution in [0.5, 0.6) is 5.75 Å². The van der Waals surface area contributed by atoms with Crippen LogP contribution in [-0.2, 0) is 6.54 Å². The molecule has 0 aliphatic carbocycles. The van der Waals surface area contributed by atoms with E-state index in [9.17, 15) is 0 Å². The first-order valence-electron chi connectivity index (χ1n) is 7.13. The molecule has 0 saturated heterocycles. The van der Waals surface area contributed by atoms with Crippen molar-refractivity contribution >= 4 is 0 Å². The maximum absolute atomic E-state index is 5.75. The minimum Gasteiger partial charge on any atom is -0.492 e. The number of imidazole rings is 1. The number of ether oxygens (including phenoxy) is 1. The molecule has 1 heterocycles. The summed E-state index contributed by atoms with van der Waals surface area (Å²) in [5.74, 6) is 8.17. The molecule has 0 spiro atoms.